The summed E-state index contributed by atoms with van der Waals surface area (Å²) in [5.41, 5.74) is 12.3. The van der Waals surface area contributed by atoms with Crippen LogP contribution in [0.1, 0.15) is 57.1 Å². The second kappa shape index (κ2) is 12.3. The van der Waals surface area contributed by atoms with Gasteiger partial charge < -0.3 is 4.90 Å². The van der Waals surface area contributed by atoms with E-state index in [1.165, 1.54) is 47.1 Å². The fraction of sp³-hybridized carbons (Fsp3) is 0.234. The van der Waals surface area contributed by atoms with E-state index in [4.69, 9.17) is 11.6 Å². The van der Waals surface area contributed by atoms with Crippen LogP contribution in [0.3, 0.4) is 0 Å². The predicted molar refractivity (Wildman–Crippen MR) is 207 cm³/mol. The van der Waals surface area contributed by atoms with Crippen molar-refractivity contribution in [2.24, 2.45) is 17.8 Å². The molecule has 1 fully saturated rings. The van der Waals surface area contributed by atoms with Gasteiger partial charge in [-0.05, 0) is 126 Å². The summed E-state index contributed by atoms with van der Waals surface area (Å²) in [4.78, 5) is 2.10. The molecule has 50 heavy (non-hydrogen) atoms. The van der Waals surface area contributed by atoms with Crippen molar-refractivity contribution in [3.05, 3.63) is 167 Å². The van der Waals surface area contributed by atoms with E-state index in [1.54, 1.807) is 6.07 Å². The quantitative estimate of drug-likeness (QED) is 0.168. The first-order chi connectivity index (χ1) is 24.4. The third-order valence-electron chi connectivity index (χ3n) is 11.8. The Morgan fingerprint density at radius 3 is 2.22 bits per heavy atom. The van der Waals surface area contributed by atoms with Crippen molar-refractivity contribution in [2.45, 2.75) is 51.4 Å². The molecule has 0 saturated heterocycles. The van der Waals surface area contributed by atoms with Crippen molar-refractivity contribution in [1.29, 1.82) is 0 Å². The van der Waals surface area contributed by atoms with Gasteiger partial charge in [0.15, 0.2) is 0 Å². The van der Waals surface area contributed by atoms with Crippen LogP contribution in [0.5, 0.6) is 0 Å². The zero-order chi connectivity index (χ0) is 34.0. The normalized spacial score (nSPS) is 23.2. The summed E-state index contributed by atoms with van der Waals surface area (Å²) in [6.07, 6.45) is 14.7. The van der Waals surface area contributed by atoms with E-state index in [0.717, 1.165) is 46.5 Å². The van der Waals surface area contributed by atoms with Gasteiger partial charge in [-0.1, -0.05) is 127 Å². The van der Waals surface area contributed by atoms with Gasteiger partial charge in [0.05, 0.1) is 16.4 Å². The van der Waals surface area contributed by atoms with E-state index in [1.807, 2.05) is 48.5 Å². The van der Waals surface area contributed by atoms with Gasteiger partial charge >= 0.3 is 0 Å². The zero-order valence-electron chi connectivity index (χ0n) is 28.7. The molecule has 4 aliphatic carbocycles. The SMILES string of the molecule is CC1=CC2(c3ccccc3-c3cc(Cl)c(N(C4=CCCC=C4)c4c(F)cc(-c5ccccc5)cc4-c4ccccc4)cc32)C2CC(C)CC1C2. The molecule has 3 heteroatoms. The second-order valence-corrected chi connectivity index (χ2v) is 15.3. The van der Waals surface area contributed by atoms with Crippen LogP contribution in [0.15, 0.2) is 145 Å². The Hall–Kier alpha value is -4.66. The van der Waals surface area contributed by atoms with E-state index in [2.05, 4.69) is 97.6 Å². The molecule has 5 aromatic rings. The highest BCUT2D eigenvalue weighted by molar-refractivity contribution is 6.34. The zero-order valence-corrected chi connectivity index (χ0v) is 29.4. The number of fused-ring (bicyclic) bond motifs is 8. The van der Waals surface area contributed by atoms with Gasteiger partial charge in [-0.15, -0.1) is 0 Å². The highest BCUT2D eigenvalue weighted by atomic mass is 35.5. The Morgan fingerprint density at radius 1 is 0.720 bits per heavy atom. The number of allylic oxidation sites excluding steroid dienone is 5. The van der Waals surface area contributed by atoms with Gasteiger partial charge in [-0.2, -0.15) is 0 Å². The molecule has 4 unspecified atom stereocenters. The van der Waals surface area contributed by atoms with E-state index in [9.17, 15) is 0 Å². The topological polar surface area (TPSA) is 3.24 Å². The number of hydrogen-bond acceptors (Lipinski definition) is 1. The third-order valence-corrected chi connectivity index (χ3v) is 12.1. The Bertz CT molecular complexity index is 2210. The Balaban J connectivity index is 1.32. The smallest absolute Gasteiger partial charge is 0.148 e. The molecule has 0 aromatic heterocycles. The van der Waals surface area contributed by atoms with E-state index < -0.39 is 0 Å². The minimum atomic E-state index is -0.281. The van der Waals surface area contributed by atoms with Crippen LogP contribution in [0.4, 0.5) is 15.8 Å². The predicted octanol–water partition coefficient (Wildman–Crippen LogP) is 13.5. The molecular formula is C47H41ClFN. The molecule has 9 rings (SSSR count). The Labute approximate surface area is 300 Å². The summed E-state index contributed by atoms with van der Waals surface area (Å²) >= 11 is 7.47. The Morgan fingerprint density at radius 2 is 1.46 bits per heavy atom. The summed E-state index contributed by atoms with van der Waals surface area (Å²) in [6, 6.07) is 37.5. The number of benzene rings is 5. The molecule has 1 spiro atoms. The fourth-order valence-corrected chi connectivity index (χ4v) is 9.92. The monoisotopic (exact) mass is 673 g/mol. The van der Waals surface area contributed by atoms with E-state index in [-0.39, 0.29) is 11.2 Å². The highest BCUT2D eigenvalue weighted by Gasteiger charge is 2.52. The molecule has 1 saturated carbocycles. The lowest BCUT2D eigenvalue weighted by atomic mass is 9.55. The van der Waals surface area contributed by atoms with Crippen LogP contribution in [-0.2, 0) is 5.41 Å². The summed E-state index contributed by atoms with van der Waals surface area (Å²) in [7, 11) is 0. The fourth-order valence-electron chi connectivity index (χ4n) is 9.67. The number of hydrogen-bond donors (Lipinski definition) is 0. The lowest BCUT2D eigenvalue weighted by molar-refractivity contribution is 0.168. The maximum atomic E-state index is 17.3. The summed E-state index contributed by atoms with van der Waals surface area (Å²) in [6.45, 7) is 4.77. The van der Waals surface area contributed by atoms with Gasteiger partial charge in [0.2, 0.25) is 0 Å². The number of rotatable bonds is 5. The van der Waals surface area contributed by atoms with E-state index >= 15 is 4.39 Å². The van der Waals surface area contributed by atoms with Gasteiger partial charge in [-0.25, -0.2) is 4.39 Å². The first-order valence-corrected chi connectivity index (χ1v) is 18.5. The molecule has 0 aliphatic heterocycles. The average Bonchev–Trinajstić information content (AvgIpc) is 3.41. The molecule has 4 aliphatic rings. The summed E-state index contributed by atoms with van der Waals surface area (Å²) < 4.78 is 17.3. The van der Waals surface area contributed by atoms with Gasteiger partial charge in [0.1, 0.15) is 5.82 Å². The maximum absolute atomic E-state index is 17.3. The van der Waals surface area contributed by atoms with Crippen LogP contribution >= 0.6 is 11.6 Å². The van der Waals surface area contributed by atoms with Gasteiger partial charge in [0.25, 0.3) is 0 Å². The Kier molecular flexibility index (Phi) is 7.70. The third kappa shape index (κ3) is 4.95. The molecule has 0 radical (unpaired) electrons. The molecule has 1 nitrogen and oxygen atoms in total. The highest BCUT2D eigenvalue weighted by Crippen LogP contribution is 2.62. The summed E-state index contributed by atoms with van der Waals surface area (Å²) in [5.74, 6) is 1.51. The lowest BCUT2D eigenvalue weighted by Crippen LogP contribution is -2.42. The maximum Gasteiger partial charge on any atom is 0.148 e. The first-order valence-electron chi connectivity index (χ1n) is 18.2. The van der Waals surface area contributed by atoms with Crippen LogP contribution in [0, 0.1) is 23.6 Å². The summed E-state index contributed by atoms with van der Waals surface area (Å²) in [5, 5.41) is 0.618. The molecule has 2 bridgehead atoms. The van der Waals surface area contributed by atoms with E-state index in [0.29, 0.717) is 28.5 Å². The number of anilines is 2. The lowest BCUT2D eigenvalue weighted by Gasteiger charge is -2.49. The standard InChI is InChI=1S/C47H41ClFN/c1-30-22-34-24-36(23-30)47(29-31(34)2)41-21-13-12-20-38(41)40-27-43(48)45(28-42(40)47)50(37-18-10-5-11-19-37)46-39(33-16-8-4-9-17-33)25-35(26-44(46)49)32-14-6-3-7-15-32/h3-4,6-10,12-21,25-30,34,36H,5,11,22-24H2,1-2H3. The minimum Gasteiger partial charge on any atom is -0.306 e. The molecule has 248 valence electrons. The first kappa shape index (κ1) is 31.3. The van der Waals surface area contributed by atoms with Crippen molar-refractivity contribution in [2.75, 3.05) is 4.90 Å². The second-order valence-electron chi connectivity index (χ2n) is 14.9. The molecule has 5 aromatic carbocycles. The molecule has 0 amide bonds. The van der Waals surface area contributed by atoms with Crippen molar-refractivity contribution in [3.8, 4) is 33.4 Å². The molecule has 0 heterocycles. The minimum absolute atomic E-state index is 0.249. The van der Waals surface area contributed by atoms with Crippen molar-refractivity contribution in [1.82, 2.24) is 0 Å². The van der Waals surface area contributed by atoms with Crippen LogP contribution in [0.25, 0.3) is 33.4 Å². The average molecular weight is 674 g/mol. The van der Waals surface area contributed by atoms with Crippen LogP contribution in [-0.4, -0.2) is 0 Å². The van der Waals surface area contributed by atoms with Crippen molar-refractivity contribution < 1.29 is 4.39 Å². The van der Waals surface area contributed by atoms with Gasteiger partial charge in [0, 0.05) is 16.7 Å². The molecular weight excluding hydrogens is 633 g/mol. The van der Waals surface area contributed by atoms with Crippen molar-refractivity contribution >= 4 is 23.0 Å². The molecule has 0 N–H and O–H groups in total. The van der Waals surface area contributed by atoms with Crippen LogP contribution in [0.2, 0.25) is 5.02 Å². The van der Waals surface area contributed by atoms with Gasteiger partial charge in [-0.3, -0.25) is 0 Å². The number of halogens is 2. The largest absolute Gasteiger partial charge is 0.306 e. The van der Waals surface area contributed by atoms with Crippen LogP contribution < -0.4 is 4.90 Å². The number of nitrogens with zero attached hydrogens (tertiary/aromatic N) is 1. The molecule has 4 atom stereocenters. The van der Waals surface area contributed by atoms with Crippen molar-refractivity contribution in [3.63, 3.8) is 0 Å².